The van der Waals surface area contributed by atoms with Crippen molar-refractivity contribution in [2.45, 2.75) is 44.7 Å². The van der Waals surface area contributed by atoms with Crippen LogP contribution in [0.4, 0.5) is 5.69 Å². The smallest absolute Gasteiger partial charge is 0.295 e. The first kappa shape index (κ1) is 25.2. The van der Waals surface area contributed by atoms with Crippen LogP contribution in [-0.4, -0.2) is 38.7 Å². The third-order valence-electron chi connectivity index (χ3n) is 6.31. The van der Waals surface area contributed by atoms with Crippen molar-refractivity contribution < 1.29 is 28.2 Å². The second kappa shape index (κ2) is 11.7. The van der Waals surface area contributed by atoms with Gasteiger partial charge in [-0.3, -0.25) is 14.5 Å². The van der Waals surface area contributed by atoms with Crippen molar-refractivity contribution in [1.29, 1.82) is 0 Å². The molecule has 0 spiro atoms. The predicted molar refractivity (Wildman–Crippen MR) is 136 cm³/mol. The van der Waals surface area contributed by atoms with E-state index in [0.29, 0.717) is 35.1 Å². The van der Waals surface area contributed by atoms with Crippen LogP contribution in [0.3, 0.4) is 0 Å². The molecular formula is C28H32N2O6. The number of furan rings is 1. The summed E-state index contributed by atoms with van der Waals surface area (Å²) in [6.07, 6.45) is 5.34. The molecule has 36 heavy (non-hydrogen) atoms. The molecule has 0 saturated heterocycles. The zero-order valence-corrected chi connectivity index (χ0v) is 20.9. The van der Waals surface area contributed by atoms with Crippen LogP contribution in [0.15, 0.2) is 65.3 Å². The summed E-state index contributed by atoms with van der Waals surface area (Å²) < 4.78 is 22.6. The molecule has 1 saturated carbocycles. The van der Waals surface area contributed by atoms with Crippen molar-refractivity contribution in [2.75, 3.05) is 25.7 Å². The Morgan fingerprint density at radius 3 is 2.42 bits per heavy atom. The normalized spacial score (nSPS) is 14.2. The summed E-state index contributed by atoms with van der Waals surface area (Å²) in [6.45, 7) is 2.26. The summed E-state index contributed by atoms with van der Waals surface area (Å²) in [5, 5.41) is 3.17. The minimum Gasteiger partial charge on any atom is -0.493 e. The molecule has 0 radical (unpaired) electrons. The molecule has 8 nitrogen and oxygen atoms in total. The molecule has 0 aliphatic heterocycles. The number of ether oxygens (including phenoxy) is 3. The standard InChI is InChI=1S/C28H32N2O6/c1-4-35-22-15-8-7-14-21(22)30(28(32)24-17-10-18-36-24)25(27(31)29-19-11-5-6-12-19)20-13-9-16-23(33-2)26(20)34-3/h7-10,13-19,25H,4-6,11-12H2,1-3H3,(H,29,31)/t25-/m1/s1. The van der Waals surface area contributed by atoms with Crippen molar-refractivity contribution in [3.05, 3.63) is 72.2 Å². The Kier molecular flexibility index (Phi) is 8.15. The molecule has 0 bridgehead atoms. The molecule has 0 unspecified atom stereocenters. The van der Waals surface area contributed by atoms with Crippen molar-refractivity contribution in [3.63, 3.8) is 0 Å². The van der Waals surface area contributed by atoms with Crippen molar-refractivity contribution in [1.82, 2.24) is 5.32 Å². The molecular weight excluding hydrogens is 460 g/mol. The second-order valence-corrected chi connectivity index (χ2v) is 8.53. The van der Waals surface area contributed by atoms with Crippen LogP contribution in [0.5, 0.6) is 17.2 Å². The van der Waals surface area contributed by atoms with Gasteiger partial charge in [-0.05, 0) is 50.1 Å². The third-order valence-corrected chi connectivity index (χ3v) is 6.31. The van der Waals surface area contributed by atoms with Crippen LogP contribution >= 0.6 is 0 Å². The summed E-state index contributed by atoms with van der Waals surface area (Å²) >= 11 is 0. The van der Waals surface area contributed by atoms with Gasteiger partial charge in [0.2, 0.25) is 5.91 Å². The summed E-state index contributed by atoms with van der Waals surface area (Å²) in [4.78, 5) is 29.5. The molecule has 1 aliphatic carbocycles. The molecule has 4 rings (SSSR count). The van der Waals surface area contributed by atoms with Gasteiger partial charge >= 0.3 is 0 Å². The molecule has 190 valence electrons. The van der Waals surface area contributed by atoms with E-state index in [0.717, 1.165) is 25.7 Å². The highest BCUT2D eigenvalue weighted by atomic mass is 16.5. The number of para-hydroxylation sites is 3. The molecule has 1 atom stereocenters. The van der Waals surface area contributed by atoms with Crippen LogP contribution in [0.2, 0.25) is 0 Å². The molecule has 1 heterocycles. The highest BCUT2D eigenvalue weighted by molar-refractivity contribution is 6.09. The Labute approximate surface area is 211 Å². The second-order valence-electron chi connectivity index (χ2n) is 8.53. The Morgan fingerprint density at radius 1 is 1.00 bits per heavy atom. The molecule has 2 aromatic carbocycles. The van der Waals surface area contributed by atoms with E-state index in [1.165, 1.54) is 25.4 Å². The molecule has 2 amide bonds. The van der Waals surface area contributed by atoms with Gasteiger partial charge in [-0.15, -0.1) is 0 Å². The van der Waals surface area contributed by atoms with Crippen molar-refractivity contribution in [3.8, 4) is 17.2 Å². The van der Waals surface area contributed by atoms with Gasteiger partial charge in [0.1, 0.15) is 11.8 Å². The maximum atomic E-state index is 14.1. The van der Waals surface area contributed by atoms with Gasteiger partial charge in [0.05, 0.1) is 32.8 Å². The molecule has 1 fully saturated rings. The number of carbonyl (C=O) groups is 2. The fraction of sp³-hybridized carbons (Fsp3) is 0.357. The highest BCUT2D eigenvalue weighted by Crippen LogP contribution is 2.42. The van der Waals surface area contributed by atoms with E-state index in [4.69, 9.17) is 18.6 Å². The summed E-state index contributed by atoms with van der Waals surface area (Å²) in [7, 11) is 3.05. The summed E-state index contributed by atoms with van der Waals surface area (Å²) in [5.41, 5.74) is 0.927. The molecule has 8 heteroatoms. The van der Waals surface area contributed by atoms with Gasteiger partial charge in [-0.25, -0.2) is 0 Å². The Morgan fingerprint density at radius 2 is 1.75 bits per heavy atom. The van der Waals surface area contributed by atoms with Gasteiger partial charge in [0.15, 0.2) is 17.3 Å². The molecule has 1 aliphatic rings. The Bertz CT molecular complexity index is 1170. The van der Waals surface area contributed by atoms with E-state index in [2.05, 4.69) is 5.32 Å². The molecule has 1 N–H and O–H groups in total. The predicted octanol–water partition coefficient (Wildman–Crippen LogP) is 5.14. The number of nitrogens with one attached hydrogen (secondary N) is 1. The van der Waals surface area contributed by atoms with Crippen LogP contribution in [0, 0.1) is 0 Å². The zero-order chi connectivity index (χ0) is 25.5. The highest BCUT2D eigenvalue weighted by Gasteiger charge is 2.39. The number of hydrogen-bond acceptors (Lipinski definition) is 6. The summed E-state index contributed by atoms with van der Waals surface area (Å²) in [6, 6.07) is 14.6. The number of carbonyl (C=O) groups excluding carboxylic acids is 2. The Balaban J connectivity index is 1.92. The Hall–Kier alpha value is -3.94. The number of rotatable bonds is 10. The number of nitrogens with zero attached hydrogens (tertiary/aromatic N) is 1. The van der Waals surface area contributed by atoms with E-state index < -0.39 is 11.9 Å². The number of benzene rings is 2. The summed E-state index contributed by atoms with van der Waals surface area (Å²) in [5.74, 6) is 0.598. The van der Waals surface area contributed by atoms with E-state index in [9.17, 15) is 9.59 Å². The topological polar surface area (TPSA) is 90.2 Å². The third kappa shape index (κ3) is 5.17. The van der Waals surface area contributed by atoms with E-state index in [1.54, 1.807) is 48.5 Å². The largest absolute Gasteiger partial charge is 0.493 e. The van der Waals surface area contributed by atoms with E-state index in [1.807, 2.05) is 13.0 Å². The first-order chi connectivity index (χ1) is 17.6. The first-order valence-corrected chi connectivity index (χ1v) is 12.2. The lowest BCUT2D eigenvalue weighted by Gasteiger charge is -2.33. The van der Waals surface area contributed by atoms with Crippen LogP contribution in [0.1, 0.15) is 54.8 Å². The number of methoxy groups -OCH3 is 2. The number of amides is 2. The molecule has 3 aromatic rings. The SMILES string of the molecule is CCOc1ccccc1N(C(=O)c1ccco1)[C@@H](C(=O)NC1CCCC1)c1cccc(OC)c1OC. The maximum Gasteiger partial charge on any atom is 0.295 e. The van der Waals surface area contributed by atoms with Crippen LogP contribution < -0.4 is 24.4 Å². The van der Waals surface area contributed by atoms with Gasteiger partial charge in [0, 0.05) is 11.6 Å². The van der Waals surface area contributed by atoms with E-state index in [-0.39, 0.29) is 17.7 Å². The van der Waals surface area contributed by atoms with Gasteiger partial charge in [-0.1, -0.05) is 37.1 Å². The van der Waals surface area contributed by atoms with Gasteiger partial charge in [0.25, 0.3) is 5.91 Å². The molecule has 1 aromatic heterocycles. The minimum atomic E-state index is -1.09. The van der Waals surface area contributed by atoms with Gasteiger partial charge in [-0.2, -0.15) is 0 Å². The fourth-order valence-corrected chi connectivity index (χ4v) is 4.69. The lowest BCUT2D eigenvalue weighted by molar-refractivity contribution is -0.123. The quantitative estimate of drug-likeness (QED) is 0.421. The van der Waals surface area contributed by atoms with Crippen molar-refractivity contribution >= 4 is 17.5 Å². The number of hydrogen-bond donors (Lipinski definition) is 1. The number of anilines is 1. The average molecular weight is 493 g/mol. The van der Waals surface area contributed by atoms with Gasteiger partial charge < -0.3 is 23.9 Å². The zero-order valence-electron chi connectivity index (χ0n) is 20.9. The first-order valence-electron chi connectivity index (χ1n) is 12.2. The van der Waals surface area contributed by atoms with Crippen LogP contribution in [0.25, 0.3) is 0 Å². The lowest BCUT2D eigenvalue weighted by Crippen LogP contribution is -2.46. The van der Waals surface area contributed by atoms with Crippen molar-refractivity contribution in [2.24, 2.45) is 0 Å². The average Bonchev–Trinajstić information content (AvgIpc) is 3.62. The van der Waals surface area contributed by atoms with E-state index >= 15 is 0 Å². The lowest BCUT2D eigenvalue weighted by atomic mass is 10.00. The maximum absolute atomic E-state index is 14.1. The van der Waals surface area contributed by atoms with Crippen LogP contribution in [-0.2, 0) is 4.79 Å². The minimum absolute atomic E-state index is 0.0410. The fourth-order valence-electron chi connectivity index (χ4n) is 4.69. The monoisotopic (exact) mass is 492 g/mol.